The van der Waals surface area contributed by atoms with Crippen molar-refractivity contribution in [3.63, 3.8) is 0 Å². The maximum Gasteiger partial charge on any atom is 0.133 e. The molecule has 32 heavy (non-hydrogen) atoms. The van der Waals surface area contributed by atoms with Gasteiger partial charge in [0.05, 0.1) is 5.84 Å². The van der Waals surface area contributed by atoms with Gasteiger partial charge < -0.3 is 4.90 Å². The molecule has 0 aromatic heterocycles. The highest BCUT2D eigenvalue weighted by Crippen LogP contribution is 2.15. The Morgan fingerprint density at radius 2 is 1.59 bits per heavy atom. The van der Waals surface area contributed by atoms with Crippen LogP contribution in [-0.4, -0.2) is 30.4 Å². The first-order valence-electron chi connectivity index (χ1n) is 10.4. The van der Waals surface area contributed by atoms with E-state index in [1.165, 1.54) is 75.3 Å². The van der Waals surface area contributed by atoms with Gasteiger partial charge in [-0.3, -0.25) is 4.99 Å². The van der Waals surface area contributed by atoms with Crippen LogP contribution in [0.4, 0.5) is 17.6 Å². The number of halogens is 6. The molecule has 2 aromatic rings. The Morgan fingerprint density at radius 1 is 0.906 bits per heavy atom. The van der Waals surface area contributed by atoms with Crippen molar-refractivity contribution in [2.24, 2.45) is 4.99 Å². The summed E-state index contributed by atoms with van der Waals surface area (Å²) in [5.74, 6) is -0.723. The molecule has 0 saturated carbocycles. The van der Waals surface area contributed by atoms with E-state index in [2.05, 4.69) is 25.8 Å². The summed E-state index contributed by atoms with van der Waals surface area (Å²) in [6, 6.07) is 7.02. The average molecular weight is 625 g/mol. The van der Waals surface area contributed by atoms with Crippen LogP contribution in [0.5, 0.6) is 0 Å². The van der Waals surface area contributed by atoms with Gasteiger partial charge >= 0.3 is 0 Å². The molecule has 0 radical (unpaired) electrons. The van der Waals surface area contributed by atoms with E-state index in [9.17, 15) is 17.6 Å². The van der Waals surface area contributed by atoms with Gasteiger partial charge in [0.1, 0.15) is 23.3 Å². The van der Waals surface area contributed by atoms with Crippen molar-refractivity contribution < 1.29 is 17.6 Å². The van der Waals surface area contributed by atoms with Gasteiger partial charge in [-0.2, -0.15) is 0 Å². The van der Waals surface area contributed by atoms with Crippen molar-refractivity contribution in [2.45, 2.75) is 37.4 Å². The number of hydrogen-bond donors (Lipinski definition) is 0. The number of aliphatic imine (C=N–C) groups is 1. The smallest absolute Gasteiger partial charge is 0.133 e. The monoisotopic (exact) mass is 624 g/mol. The predicted molar refractivity (Wildman–Crippen MR) is 135 cm³/mol. The van der Waals surface area contributed by atoms with Crippen LogP contribution >= 0.6 is 38.5 Å². The largest absolute Gasteiger partial charge is 0.360 e. The number of benzene rings is 2. The Bertz CT molecular complexity index is 921. The summed E-state index contributed by atoms with van der Waals surface area (Å²) in [4.78, 5) is 7.04. The van der Waals surface area contributed by atoms with Gasteiger partial charge in [0.2, 0.25) is 0 Å². The summed E-state index contributed by atoms with van der Waals surface area (Å²) in [6.45, 7) is 3.60. The lowest BCUT2D eigenvalue weighted by Crippen LogP contribution is -2.34. The fraction of sp³-hybridized carbons (Fsp3) is 0.375. The van der Waals surface area contributed by atoms with E-state index in [4.69, 9.17) is 0 Å². The molecule has 2 aliphatic heterocycles. The summed E-state index contributed by atoms with van der Waals surface area (Å²) in [5.41, 5.74) is 0.877. The number of nitrogens with zero attached hydrogens (tertiary/aromatic N) is 2. The number of hydrogen-bond acceptors (Lipinski definition) is 2. The van der Waals surface area contributed by atoms with Gasteiger partial charge in [0, 0.05) is 49.1 Å². The SMILES string of the molecule is C1CCC2=NCCCN2CC1.Fc1ccc(/C=C/I)c(F)c1.Fc1ccc(CBr)c(F)c1. The minimum atomic E-state index is -0.548. The van der Waals surface area contributed by atoms with Crippen LogP contribution in [0.25, 0.3) is 6.08 Å². The highest BCUT2D eigenvalue weighted by atomic mass is 127. The molecule has 0 unspecified atom stereocenters. The number of alkyl halides is 1. The van der Waals surface area contributed by atoms with Crippen LogP contribution < -0.4 is 0 Å². The standard InChI is InChI=1S/C9H16N2.C8H5F2I.C7H5BrF2/c1-2-5-9-10-6-4-8-11(9)7-3-1;9-7-2-1-6(3-4-11)8(10)5-7;8-4-5-1-2-6(9)3-7(5)10/h1-8H2;1-5H;1-3H,4H2/b;4-3+;. The van der Waals surface area contributed by atoms with Crippen LogP contribution in [0.1, 0.15) is 43.2 Å². The predicted octanol–water partition coefficient (Wildman–Crippen LogP) is 7.89. The molecule has 0 aliphatic carbocycles. The molecule has 0 spiro atoms. The molecule has 2 heterocycles. The van der Waals surface area contributed by atoms with Gasteiger partial charge in [0.25, 0.3) is 0 Å². The summed E-state index contributed by atoms with van der Waals surface area (Å²) >= 11 is 5.05. The second-order valence-corrected chi connectivity index (χ2v) is 8.56. The van der Waals surface area contributed by atoms with Crippen molar-refractivity contribution in [1.82, 2.24) is 4.90 Å². The summed E-state index contributed by atoms with van der Waals surface area (Å²) in [7, 11) is 0. The van der Waals surface area contributed by atoms with E-state index >= 15 is 0 Å². The molecule has 174 valence electrons. The summed E-state index contributed by atoms with van der Waals surface area (Å²) in [5, 5.41) is 0.416. The topological polar surface area (TPSA) is 15.6 Å². The molecule has 0 bridgehead atoms. The van der Waals surface area contributed by atoms with Gasteiger partial charge in [-0.1, -0.05) is 51.0 Å². The van der Waals surface area contributed by atoms with Crippen LogP contribution in [0.15, 0.2) is 45.5 Å². The zero-order valence-corrected chi connectivity index (χ0v) is 21.4. The molecule has 0 N–H and O–H groups in total. The van der Waals surface area contributed by atoms with Crippen LogP contribution in [0.3, 0.4) is 0 Å². The Labute approximate surface area is 209 Å². The van der Waals surface area contributed by atoms with Crippen molar-refractivity contribution in [3.8, 4) is 0 Å². The van der Waals surface area contributed by atoms with Crippen LogP contribution in [0, 0.1) is 23.3 Å². The summed E-state index contributed by atoms with van der Waals surface area (Å²) < 4.78 is 51.5. The van der Waals surface area contributed by atoms with Gasteiger partial charge in [0.15, 0.2) is 0 Å². The molecule has 0 amide bonds. The van der Waals surface area contributed by atoms with Gasteiger partial charge in [-0.25, -0.2) is 17.6 Å². The van der Waals surface area contributed by atoms with Gasteiger partial charge in [-0.15, -0.1) is 0 Å². The van der Waals surface area contributed by atoms with Crippen molar-refractivity contribution >= 4 is 50.4 Å². The third-order valence-corrected chi connectivity index (χ3v) is 5.90. The average Bonchev–Trinajstić information content (AvgIpc) is 3.02. The van der Waals surface area contributed by atoms with E-state index in [0.29, 0.717) is 16.5 Å². The quantitative estimate of drug-likeness (QED) is 0.188. The zero-order chi connectivity index (χ0) is 23.3. The molecule has 8 heteroatoms. The molecular formula is C24H26BrF4IN2. The Balaban J connectivity index is 0.000000170. The first-order chi connectivity index (χ1) is 15.4. The number of amidine groups is 1. The number of fused-ring (bicyclic) bond motifs is 1. The van der Waals surface area contributed by atoms with Crippen molar-refractivity contribution in [3.05, 3.63) is 74.9 Å². The molecule has 2 aromatic carbocycles. The van der Waals surface area contributed by atoms with E-state index in [1.54, 1.807) is 10.2 Å². The van der Waals surface area contributed by atoms with Crippen LogP contribution in [-0.2, 0) is 5.33 Å². The molecule has 0 atom stereocenters. The second kappa shape index (κ2) is 14.7. The van der Waals surface area contributed by atoms with Crippen molar-refractivity contribution in [1.29, 1.82) is 0 Å². The lowest BCUT2D eigenvalue weighted by atomic mass is 10.2. The maximum atomic E-state index is 12.7. The molecule has 1 saturated heterocycles. The molecule has 1 fully saturated rings. The molecule has 4 rings (SSSR count). The highest BCUT2D eigenvalue weighted by Gasteiger charge is 2.16. The van der Waals surface area contributed by atoms with E-state index in [0.717, 1.165) is 18.7 Å². The molecule has 2 nitrogen and oxygen atoms in total. The Hall–Kier alpha value is -1.42. The highest BCUT2D eigenvalue weighted by molar-refractivity contribution is 14.1. The van der Waals surface area contributed by atoms with E-state index in [1.807, 2.05) is 22.6 Å². The third kappa shape index (κ3) is 9.21. The van der Waals surface area contributed by atoms with Crippen LogP contribution in [0.2, 0.25) is 0 Å². The lowest BCUT2D eigenvalue weighted by Gasteiger charge is -2.27. The molecular weight excluding hydrogens is 599 g/mol. The summed E-state index contributed by atoms with van der Waals surface area (Å²) in [6.07, 6.45) is 8.21. The Morgan fingerprint density at radius 3 is 2.25 bits per heavy atom. The fourth-order valence-corrected chi connectivity index (χ4v) is 4.12. The molecule has 2 aliphatic rings. The van der Waals surface area contributed by atoms with Gasteiger partial charge in [-0.05, 0) is 53.2 Å². The fourth-order valence-electron chi connectivity index (χ4n) is 3.27. The third-order valence-electron chi connectivity index (χ3n) is 4.94. The normalized spacial score (nSPS) is 15.6. The zero-order valence-electron chi connectivity index (χ0n) is 17.6. The van der Waals surface area contributed by atoms with E-state index in [-0.39, 0.29) is 0 Å². The second-order valence-electron chi connectivity index (χ2n) is 7.28. The van der Waals surface area contributed by atoms with E-state index < -0.39 is 23.3 Å². The van der Waals surface area contributed by atoms with Crippen molar-refractivity contribution in [2.75, 3.05) is 19.6 Å². The maximum absolute atomic E-state index is 12.7. The minimum Gasteiger partial charge on any atom is -0.360 e. The first kappa shape index (κ1) is 26.8. The minimum absolute atomic E-state index is 0.404. The lowest BCUT2D eigenvalue weighted by molar-refractivity contribution is 0.391. The Kier molecular flexibility index (Phi) is 12.3. The number of rotatable bonds is 2. The first-order valence-corrected chi connectivity index (χ1v) is 12.8.